The minimum atomic E-state index is -3.66. The Hall–Kier alpha value is -3.57. The molecule has 3 heterocycles. The van der Waals surface area contributed by atoms with Gasteiger partial charge in [0, 0.05) is 48.5 Å². The number of halogens is 1. The van der Waals surface area contributed by atoms with E-state index < -0.39 is 21.8 Å². The molecule has 1 aliphatic heterocycles. The number of carbonyl (C=O) groups is 2. The molecule has 35 heavy (non-hydrogen) atoms. The number of nitrogens with zero attached hydrogens (tertiary/aromatic N) is 3. The van der Waals surface area contributed by atoms with Crippen LogP contribution < -0.4 is 10.9 Å². The van der Waals surface area contributed by atoms with Gasteiger partial charge in [-0.1, -0.05) is 0 Å². The highest BCUT2D eigenvalue weighted by molar-refractivity contribution is 7.89. The first-order valence-electron chi connectivity index (χ1n) is 11.1. The van der Waals surface area contributed by atoms with E-state index in [9.17, 15) is 22.4 Å². The van der Waals surface area contributed by atoms with Gasteiger partial charge >= 0.3 is 0 Å². The van der Waals surface area contributed by atoms with Crippen LogP contribution in [-0.2, 0) is 14.8 Å². The molecule has 0 radical (unpaired) electrons. The molecule has 0 atom stereocenters. The van der Waals surface area contributed by atoms with Crippen LogP contribution in [0.5, 0.6) is 0 Å². The van der Waals surface area contributed by atoms with Crippen LogP contribution in [0, 0.1) is 25.6 Å². The van der Waals surface area contributed by atoms with E-state index >= 15 is 0 Å². The van der Waals surface area contributed by atoms with Crippen molar-refractivity contribution < 1.29 is 22.4 Å². The second kappa shape index (κ2) is 9.96. The highest BCUT2D eigenvalue weighted by Gasteiger charge is 2.32. The fourth-order valence-electron chi connectivity index (χ4n) is 4.28. The van der Waals surface area contributed by atoms with Crippen molar-refractivity contribution in [3.8, 4) is 5.69 Å². The maximum absolute atomic E-state index is 13.3. The van der Waals surface area contributed by atoms with E-state index in [2.05, 4.69) is 15.8 Å². The van der Waals surface area contributed by atoms with Gasteiger partial charge in [-0.2, -0.15) is 4.31 Å². The van der Waals surface area contributed by atoms with Crippen molar-refractivity contribution in [1.82, 2.24) is 24.7 Å². The van der Waals surface area contributed by atoms with Gasteiger partial charge in [0.1, 0.15) is 10.7 Å². The molecule has 1 fully saturated rings. The first-order valence-corrected chi connectivity index (χ1v) is 12.6. The van der Waals surface area contributed by atoms with E-state index in [1.165, 1.54) is 34.9 Å². The van der Waals surface area contributed by atoms with Gasteiger partial charge in [0.25, 0.3) is 5.91 Å². The second-order valence-corrected chi connectivity index (χ2v) is 10.3. The van der Waals surface area contributed by atoms with Crippen LogP contribution in [0.2, 0.25) is 0 Å². The molecule has 0 saturated carbocycles. The van der Waals surface area contributed by atoms with Crippen LogP contribution in [0.4, 0.5) is 4.39 Å². The molecule has 184 valence electrons. The average Bonchev–Trinajstić information content (AvgIpc) is 3.17. The maximum Gasteiger partial charge on any atom is 0.271 e. The van der Waals surface area contributed by atoms with Crippen LogP contribution >= 0.6 is 0 Å². The average molecular weight is 500 g/mol. The summed E-state index contributed by atoms with van der Waals surface area (Å²) in [4.78, 5) is 29.4. The molecule has 2 amide bonds. The van der Waals surface area contributed by atoms with E-state index in [4.69, 9.17) is 0 Å². The van der Waals surface area contributed by atoms with Crippen molar-refractivity contribution in [2.75, 3.05) is 13.1 Å². The summed E-state index contributed by atoms with van der Waals surface area (Å²) in [7, 11) is -3.66. The van der Waals surface area contributed by atoms with E-state index in [0.717, 1.165) is 11.4 Å². The zero-order valence-corrected chi connectivity index (χ0v) is 20.2. The molecule has 11 heteroatoms. The smallest absolute Gasteiger partial charge is 0.271 e. The standard InChI is InChI=1S/C24H26FN5O4S/c1-16-14-22(17(2)30(16)20-7-5-19(25)6-8-20)24(32)28-27-23(31)18-9-12-29(13-10-18)35(33,34)21-4-3-11-26-15-21/h3-8,11,14-15,18H,9-10,12-13H2,1-2H3,(H,27,31)(H,28,32). The zero-order valence-electron chi connectivity index (χ0n) is 19.4. The highest BCUT2D eigenvalue weighted by Crippen LogP contribution is 2.24. The second-order valence-electron chi connectivity index (χ2n) is 8.41. The fourth-order valence-corrected chi connectivity index (χ4v) is 5.71. The predicted molar refractivity (Wildman–Crippen MR) is 127 cm³/mol. The number of carbonyl (C=O) groups excluding carboxylic acids is 2. The number of hydrogen-bond acceptors (Lipinski definition) is 5. The molecule has 4 rings (SSSR count). The van der Waals surface area contributed by atoms with E-state index in [-0.39, 0.29) is 29.7 Å². The van der Waals surface area contributed by atoms with Gasteiger partial charge in [0.2, 0.25) is 15.9 Å². The van der Waals surface area contributed by atoms with Gasteiger partial charge in [-0.15, -0.1) is 0 Å². The zero-order chi connectivity index (χ0) is 25.2. The van der Waals surface area contributed by atoms with E-state index in [1.54, 1.807) is 31.2 Å². The van der Waals surface area contributed by atoms with Gasteiger partial charge in [-0.3, -0.25) is 25.4 Å². The molecule has 0 bridgehead atoms. The van der Waals surface area contributed by atoms with Crippen molar-refractivity contribution in [1.29, 1.82) is 0 Å². The van der Waals surface area contributed by atoms with Gasteiger partial charge < -0.3 is 4.57 Å². The SMILES string of the molecule is Cc1cc(C(=O)NNC(=O)C2CCN(S(=O)(=O)c3cccnc3)CC2)c(C)n1-c1ccc(F)cc1. The fraction of sp³-hybridized carbons (Fsp3) is 0.292. The summed E-state index contributed by atoms with van der Waals surface area (Å²) in [5, 5.41) is 0. The Labute approximate surface area is 203 Å². The Kier molecular flexibility index (Phi) is 6.99. The number of sulfonamides is 1. The molecule has 0 spiro atoms. The molecule has 2 N–H and O–H groups in total. The van der Waals surface area contributed by atoms with Crippen LogP contribution in [0.3, 0.4) is 0 Å². The van der Waals surface area contributed by atoms with E-state index in [0.29, 0.717) is 24.1 Å². The van der Waals surface area contributed by atoms with Crippen LogP contribution in [0.25, 0.3) is 5.69 Å². The lowest BCUT2D eigenvalue weighted by Gasteiger charge is -2.30. The number of pyridine rings is 1. The van der Waals surface area contributed by atoms with Gasteiger partial charge in [-0.25, -0.2) is 12.8 Å². The van der Waals surface area contributed by atoms with Crippen LogP contribution in [0.15, 0.2) is 59.8 Å². The van der Waals surface area contributed by atoms with Gasteiger partial charge in [0.15, 0.2) is 0 Å². The summed E-state index contributed by atoms with van der Waals surface area (Å²) >= 11 is 0. The molecule has 9 nitrogen and oxygen atoms in total. The molecule has 1 aliphatic rings. The lowest BCUT2D eigenvalue weighted by Crippen LogP contribution is -2.48. The summed E-state index contributed by atoms with van der Waals surface area (Å²) in [5.41, 5.74) is 7.45. The Morgan fingerprint density at radius 3 is 2.37 bits per heavy atom. The molecular weight excluding hydrogens is 473 g/mol. The lowest BCUT2D eigenvalue weighted by atomic mass is 9.98. The lowest BCUT2D eigenvalue weighted by molar-refractivity contribution is -0.126. The molecule has 1 saturated heterocycles. The number of piperidine rings is 1. The summed E-state index contributed by atoms with van der Waals surface area (Å²) in [6.07, 6.45) is 3.47. The minimum Gasteiger partial charge on any atom is -0.318 e. The molecule has 0 unspecified atom stereocenters. The van der Waals surface area contributed by atoms with E-state index in [1.807, 2.05) is 11.5 Å². The number of benzene rings is 1. The number of aryl methyl sites for hydroxylation is 1. The molecule has 3 aromatic rings. The van der Waals surface area contributed by atoms with Crippen molar-refractivity contribution >= 4 is 21.8 Å². The maximum atomic E-state index is 13.3. The van der Waals surface area contributed by atoms with Crippen LogP contribution in [0.1, 0.15) is 34.6 Å². The third-order valence-corrected chi connectivity index (χ3v) is 8.04. The number of hydrogen-bond donors (Lipinski definition) is 2. The number of amides is 2. The van der Waals surface area contributed by atoms with Crippen LogP contribution in [-0.4, -0.2) is 47.2 Å². The molecular formula is C24H26FN5O4S. The third kappa shape index (κ3) is 5.10. The Bertz CT molecular complexity index is 1330. The van der Waals surface area contributed by atoms with Gasteiger partial charge in [0.05, 0.1) is 5.56 Å². The first kappa shape index (κ1) is 24.6. The van der Waals surface area contributed by atoms with Crippen molar-refractivity contribution in [2.24, 2.45) is 5.92 Å². The quantitative estimate of drug-likeness (QED) is 0.524. The van der Waals surface area contributed by atoms with Crippen molar-refractivity contribution in [3.05, 3.63) is 77.6 Å². The number of rotatable bonds is 5. The first-order chi connectivity index (χ1) is 16.7. The predicted octanol–water partition coefficient (Wildman–Crippen LogP) is 2.49. The molecule has 0 aliphatic carbocycles. The van der Waals surface area contributed by atoms with Gasteiger partial charge in [-0.05, 0) is 69.2 Å². The number of aromatic nitrogens is 2. The van der Waals surface area contributed by atoms with Crippen molar-refractivity contribution in [3.63, 3.8) is 0 Å². The monoisotopic (exact) mass is 499 g/mol. The summed E-state index contributed by atoms with van der Waals surface area (Å²) in [6, 6.07) is 10.7. The highest BCUT2D eigenvalue weighted by atomic mass is 32.2. The largest absolute Gasteiger partial charge is 0.318 e. The Balaban J connectivity index is 1.35. The number of hydrazine groups is 1. The molecule has 1 aromatic carbocycles. The summed E-state index contributed by atoms with van der Waals surface area (Å²) in [5.74, 6) is -1.62. The summed E-state index contributed by atoms with van der Waals surface area (Å²) in [6.45, 7) is 3.99. The topological polar surface area (TPSA) is 113 Å². The normalized spacial score (nSPS) is 15.1. The minimum absolute atomic E-state index is 0.119. The Morgan fingerprint density at radius 2 is 1.74 bits per heavy atom. The third-order valence-electron chi connectivity index (χ3n) is 6.16. The molecule has 2 aromatic heterocycles. The van der Waals surface area contributed by atoms with Crippen molar-refractivity contribution in [2.45, 2.75) is 31.6 Å². The summed E-state index contributed by atoms with van der Waals surface area (Å²) < 4.78 is 41.9. The number of nitrogens with one attached hydrogen (secondary N) is 2. The Morgan fingerprint density at radius 1 is 1.06 bits per heavy atom.